The van der Waals surface area contributed by atoms with Crippen LogP contribution >= 0.6 is 15.9 Å². The number of carbonyl (C=O) groups excluding carboxylic acids is 1. The maximum absolute atomic E-state index is 11.9. The number of rotatable bonds is 3. The van der Waals surface area contributed by atoms with E-state index in [4.69, 9.17) is 4.74 Å². The van der Waals surface area contributed by atoms with Crippen molar-refractivity contribution in [3.05, 3.63) is 28.2 Å². The van der Waals surface area contributed by atoms with Gasteiger partial charge in [0.2, 0.25) is 0 Å². The van der Waals surface area contributed by atoms with Crippen molar-refractivity contribution in [2.24, 2.45) is 0 Å². The number of amides is 2. The van der Waals surface area contributed by atoms with Crippen molar-refractivity contribution in [3.8, 4) is 0 Å². The fourth-order valence-electron chi connectivity index (χ4n) is 2.07. The number of carbonyl (C=O) groups is 1. The van der Waals surface area contributed by atoms with Gasteiger partial charge < -0.3 is 20.5 Å². The lowest BCUT2D eigenvalue weighted by molar-refractivity contribution is -0.0598. The molecule has 1 aliphatic rings. The van der Waals surface area contributed by atoms with E-state index >= 15 is 0 Å². The molecule has 2 rings (SSSR count). The van der Waals surface area contributed by atoms with E-state index in [1.165, 1.54) is 0 Å². The number of urea groups is 1. The second kappa shape index (κ2) is 6.56. The summed E-state index contributed by atoms with van der Waals surface area (Å²) in [6.45, 7) is 3.22. The smallest absolute Gasteiger partial charge is 0.319 e. The zero-order chi connectivity index (χ0) is 14.6. The van der Waals surface area contributed by atoms with Gasteiger partial charge in [0.1, 0.15) is 0 Å². The molecule has 6 heteroatoms. The molecule has 20 heavy (non-hydrogen) atoms. The van der Waals surface area contributed by atoms with Crippen LogP contribution in [0.15, 0.2) is 22.7 Å². The summed E-state index contributed by atoms with van der Waals surface area (Å²) in [7, 11) is 0. The molecule has 0 saturated carbocycles. The van der Waals surface area contributed by atoms with Crippen molar-refractivity contribution in [3.63, 3.8) is 0 Å². The Labute approximate surface area is 126 Å². The molecule has 5 nitrogen and oxygen atoms in total. The Morgan fingerprint density at radius 3 is 2.85 bits per heavy atom. The molecular weight excluding hydrogens is 324 g/mol. The molecule has 3 N–H and O–H groups in total. The molecule has 0 atom stereocenters. The number of nitrogens with one attached hydrogen (secondary N) is 2. The molecule has 0 spiro atoms. The number of ether oxygens (including phenoxy) is 1. The number of aliphatic hydroxyl groups is 1. The summed E-state index contributed by atoms with van der Waals surface area (Å²) in [5.41, 5.74) is 0.867. The van der Waals surface area contributed by atoms with Gasteiger partial charge >= 0.3 is 6.03 Å². The number of aryl methyl sites for hydroxylation is 1. The highest BCUT2D eigenvalue weighted by molar-refractivity contribution is 9.10. The molecule has 1 fully saturated rings. The highest BCUT2D eigenvalue weighted by atomic mass is 79.9. The average molecular weight is 343 g/mol. The molecular formula is C14H19BrN2O3. The van der Waals surface area contributed by atoms with Crippen LogP contribution in [-0.2, 0) is 4.74 Å². The van der Waals surface area contributed by atoms with E-state index in [2.05, 4.69) is 26.6 Å². The van der Waals surface area contributed by atoms with Crippen LogP contribution < -0.4 is 10.6 Å². The van der Waals surface area contributed by atoms with Gasteiger partial charge in [-0.3, -0.25) is 0 Å². The summed E-state index contributed by atoms with van der Waals surface area (Å²) in [4.78, 5) is 11.9. The van der Waals surface area contributed by atoms with Gasteiger partial charge in [0.05, 0.1) is 5.60 Å². The first-order chi connectivity index (χ1) is 9.48. The van der Waals surface area contributed by atoms with Crippen molar-refractivity contribution in [2.75, 3.05) is 25.1 Å². The van der Waals surface area contributed by atoms with Crippen molar-refractivity contribution < 1.29 is 14.6 Å². The molecule has 0 aromatic heterocycles. The third-order valence-electron chi connectivity index (χ3n) is 3.45. The summed E-state index contributed by atoms with van der Waals surface area (Å²) in [6, 6.07) is 5.37. The zero-order valence-electron chi connectivity index (χ0n) is 11.4. The van der Waals surface area contributed by atoms with Gasteiger partial charge in [0.25, 0.3) is 0 Å². The number of hydrogen-bond acceptors (Lipinski definition) is 3. The minimum absolute atomic E-state index is 0.231. The van der Waals surface area contributed by atoms with Crippen LogP contribution in [0.5, 0.6) is 0 Å². The molecule has 0 aliphatic carbocycles. The molecule has 2 amide bonds. The summed E-state index contributed by atoms with van der Waals surface area (Å²) in [5, 5.41) is 15.8. The molecule has 1 heterocycles. The maximum Gasteiger partial charge on any atom is 0.319 e. The molecule has 1 aromatic carbocycles. The van der Waals surface area contributed by atoms with Gasteiger partial charge in [-0.05, 0) is 24.6 Å². The average Bonchev–Trinajstić information content (AvgIpc) is 2.42. The number of anilines is 1. The van der Waals surface area contributed by atoms with Crippen LogP contribution in [0.1, 0.15) is 18.4 Å². The van der Waals surface area contributed by atoms with E-state index in [-0.39, 0.29) is 12.6 Å². The molecule has 1 saturated heterocycles. The lowest BCUT2D eigenvalue weighted by Crippen LogP contribution is -2.47. The Morgan fingerprint density at radius 2 is 2.15 bits per heavy atom. The summed E-state index contributed by atoms with van der Waals surface area (Å²) in [5.74, 6) is 0. The number of hydrogen-bond donors (Lipinski definition) is 3. The van der Waals surface area contributed by atoms with E-state index in [0.29, 0.717) is 26.1 Å². The first-order valence-electron chi connectivity index (χ1n) is 6.60. The molecule has 1 aliphatic heterocycles. The topological polar surface area (TPSA) is 70.6 Å². The molecule has 0 bridgehead atoms. The molecule has 110 valence electrons. The van der Waals surface area contributed by atoms with E-state index in [0.717, 1.165) is 15.7 Å². The van der Waals surface area contributed by atoms with Gasteiger partial charge in [-0.1, -0.05) is 22.0 Å². The quantitative estimate of drug-likeness (QED) is 0.789. The summed E-state index contributed by atoms with van der Waals surface area (Å²) >= 11 is 3.37. The Balaban J connectivity index is 1.87. The van der Waals surface area contributed by atoms with Crippen LogP contribution in [0.4, 0.5) is 10.5 Å². The lowest BCUT2D eigenvalue weighted by atomic mass is 9.94. The minimum atomic E-state index is -0.859. The second-order valence-electron chi connectivity index (χ2n) is 5.10. The van der Waals surface area contributed by atoms with Gasteiger partial charge in [0.15, 0.2) is 0 Å². The second-order valence-corrected chi connectivity index (χ2v) is 6.02. The standard InChI is InChI=1S/C14H19BrN2O3/c1-10-2-3-11(15)8-12(10)17-13(18)16-9-14(19)4-6-20-7-5-14/h2-3,8,19H,4-7,9H2,1H3,(H2,16,17,18). The van der Waals surface area contributed by atoms with Crippen molar-refractivity contribution in [1.29, 1.82) is 0 Å². The lowest BCUT2D eigenvalue weighted by Gasteiger charge is -2.32. The monoisotopic (exact) mass is 342 g/mol. The van der Waals surface area contributed by atoms with E-state index < -0.39 is 5.60 Å². The summed E-state index contributed by atoms with van der Waals surface area (Å²) < 4.78 is 6.11. The third-order valence-corrected chi connectivity index (χ3v) is 3.94. The van der Waals surface area contributed by atoms with Crippen LogP contribution in [0.25, 0.3) is 0 Å². The van der Waals surface area contributed by atoms with Gasteiger partial charge in [-0.25, -0.2) is 4.79 Å². The van der Waals surface area contributed by atoms with Crippen molar-refractivity contribution in [2.45, 2.75) is 25.4 Å². The van der Waals surface area contributed by atoms with Gasteiger partial charge in [-0.2, -0.15) is 0 Å². The van der Waals surface area contributed by atoms with E-state index in [1.54, 1.807) is 0 Å². The predicted octanol–water partition coefficient (Wildman–Crippen LogP) is 2.42. The molecule has 0 radical (unpaired) electrons. The molecule has 0 unspecified atom stereocenters. The fourth-order valence-corrected chi connectivity index (χ4v) is 2.43. The Bertz CT molecular complexity index is 487. The fraction of sp³-hybridized carbons (Fsp3) is 0.500. The normalized spacial score (nSPS) is 17.6. The predicted molar refractivity (Wildman–Crippen MR) is 80.9 cm³/mol. The number of halogens is 1. The number of benzene rings is 1. The van der Waals surface area contributed by atoms with Crippen molar-refractivity contribution in [1.82, 2.24) is 5.32 Å². The van der Waals surface area contributed by atoms with Crippen LogP contribution in [0.3, 0.4) is 0 Å². The maximum atomic E-state index is 11.9. The third kappa shape index (κ3) is 4.19. The Kier molecular flexibility index (Phi) is 5.01. The Hall–Kier alpha value is -1.11. The van der Waals surface area contributed by atoms with E-state index in [9.17, 15) is 9.90 Å². The van der Waals surface area contributed by atoms with Crippen molar-refractivity contribution >= 4 is 27.6 Å². The first-order valence-corrected chi connectivity index (χ1v) is 7.39. The van der Waals surface area contributed by atoms with Gasteiger partial charge in [0, 0.05) is 42.8 Å². The first kappa shape index (κ1) is 15.3. The largest absolute Gasteiger partial charge is 0.388 e. The SMILES string of the molecule is Cc1ccc(Br)cc1NC(=O)NCC1(O)CCOCC1. The van der Waals surface area contributed by atoms with Crippen LogP contribution in [-0.4, -0.2) is 36.5 Å². The molecule has 1 aromatic rings. The van der Waals surface area contributed by atoms with Crippen LogP contribution in [0, 0.1) is 6.92 Å². The highest BCUT2D eigenvalue weighted by Gasteiger charge is 2.30. The van der Waals surface area contributed by atoms with Gasteiger partial charge in [-0.15, -0.1) is 0 Å². The van der Waals surface area contributed by atoms with E-state index in [1.807, 2.05) is 25.1 Å². The Morgan fingerprint density at radius 1 is 1.45 bits per heavy atom. The van der Waals surface area contributed by atoms with Crippen LogP contribution in [0.2, 0.25) is 0 Å². The highest BCUT2D eigenvalue weighted by Crippen LogP contribution is 2.21. The zero-order valence-corrected chi connectivity index (χ0v) is 13.0. The summed E-state index contributed by atoms with van der Waals surface area (Å²) in [6.07, 6.45) is 1.09. The minimum Gasteiger partial charge on any atom is -0.388 e.